The molecule has 2 aliphatic heterocycles. The number of morpholine rings is 1. The highest BCUT2D eigenvalue weighted by Crippen LogP contribution is 2.25. The molecule has 9 heteroatoms. The van der Waals surface area contributed by atoms with Crippen molar-refractivity contribution in [3.63, 3.8) is 0 Å². The molecule has 31 heavy (non-hydrogen) atoms. The van der Waals surface area contributed by atoms with Gasteiger partial charge in [-0.2, -0.15) is 9.40 Å². The molecule has 0 bridgehead atoms. The normalized spacial score (nSPS) is 18.5. The van der Waals surface area contributed by atoms with Gasteiger partial charge in [0.25, 0.3) is 0 Å². The van der Waals surface area contributed by atoms with Crippen LogP contribution < -0.4 is 9.80 Å². The smallest absolute Gasteiger partial charge is 0.243 e. The van der Waals surface area contributed by atoms with Gasteiger partial charge in [-0.05, 0) is 22.9 Å². The van der Waals surface area contributed by atoms with Crippen LogP contribution in [0.25, 0.3) is 10.8 Å². The molecule has 162 valence electrons. The lowest BCUT2D eigenvalue weighted by molar-refractivity contribution is 0.122. The molecule has 0 saturated carbocycles. The number of hydrogen-bond acceptors (Lipinski definition) is 7. The first-order valence-corrected chi connectivity index (χ1v) is 11.9. The van der Waals surface area contributed by atoms with E-state index in [-0.39, 0.29) is 0 Å². The first-order valence-electron chi connectivity index (χ1n) is 10.5. The van der Waals surface area contributed by atoms with E-state index in [2.05, 4.69) is 20.0 Å². The molecule has 2 aliphatic rings. The summed E-state index contributed by atoms with van der Waals surface area (Å²) in [6.45, 7) is 5.08. The number of nitrogens with zero attached hydrogens (tertiary/aromatic N) is 5. The molecule has 8 nitrogen and oxygen atoms in total. The predicted molar refractivity (Wildman–Crippen MR) is 120 cm³/mol. The monoisotopic (exact) mass is 439 g/mol. The molecule has 0 spiro atoms. The third-order valence-electron chi connectivity index (χ3n) is 5.92. The Kier molecular flexibility index (Phi) is 5.47. The Morgan fingerprint density at radius 3 is 2.32 bits per heavy atom. The highest BCUT2D eigenvalue weighted by atomic mass is 32.2. The van der Waals surface area contributed by atoms with Gasteiger partial charge in [-0.3, -0.25) is 0 Å². The standard InChI is InChI=1S/C22H25N5O3S/c28-31(29,21-6-5-18-3-1-2-4-19(18)15-21)27-9-7-26(8-10-27)22-16-20(17-23-24-22)25-11-13-30-14-12-25/h1-6,15-17H,7-14H2. The van der Waals surface area contributed by atoms with E-state index in [9.17, 15) is 8.42 Å². The molecular formula is C22H25N5O3S. The van der Waals surface area contributed by atoms with Crippen LogP contribution in [-0.4, -0.2) is 75.4 Å². The molecule has 2 aromatic carbocycles. The fourth-order valence-corrected chi connectivity index (χ4v) is 5.59. The minimum atomic E-state index is -3.54. The molecule has 0 unspecified atom stereocenters. The number of anilines is 2. The average Bonchev–Trinajstić information content (AvgIpc) is 2.84. The number of aromatic nitrogens is 2. The molecule has 0 amide bonds. The van der Waals surface area contributed by atoms with Crippen LogP contribution in [-0.2, 0) is 14.8 Å². The number of benzene rings is 2. The van der Waals surface area contributed by atoms with Crippen molar-refractivity contribution >= 4 is 32.3 Å². The van der Waals surface area contributed by atoms with E-state index < -0.39 is 10.0 Å². The van der Waals surface area contributed by atoms with Crippen molar-refractivity contribution in [1.82, 2.24) is 14.5 Å². The largest absolute Gasteiger partial charge is 0.378 e. The van der Waals surface area contributed by atoms with Gasteiger partial charge in [-0.25, -0.2) is 8.42 Å². The third kappa shape index (κ3) is 4.08. The van der Waals surface area contributed by atoms with Crippen molar-refractivity contribution in [3.8, 4) is 0 Å². The van der Waals surface area contributed by atoms with Gasteiger partial charge in [-0.1, -0.05) is 30.3 Å². The second-order valence-corrected chi connectivity index (χ2v) is 9.71. The van der Waals surface area contributed by atoms with Crippen LogP contribution >= 0.6 is 0 Å². The van der Waals surface area contributed by atoms with Crippen molar-refractivity contribution in [1.29, 1.82) is 0 Å². The SMILES string of the molecule is O=S(=O)(c1ccc2ccccc2c1)N1CCN(c2cc(N3CCOCC3)cnn2)CC1. The number of fused-ring (bicyclic) bond motifs is 1. The summed E-state index contributed by atoms with van der Waals surface area (Å²) < 4.78 is 33.4. The van der Waals surface area contributed by atoms with Crippen LogP contribution in [0.3, 0.4) is 0 Å². The Morgan fingerprint density at radius 2 is 1.55 bits per heavy atom. The minimum absolute atomic E-state index is 0.341. The Balaban J connectivity index is 1.29. The molecule has 0 atom stereocenters. The average molecular weight is 440 g/mol. The molecule has 0 radical (unpaired) electrons. The zero-order valence-corrected chi connectivity index (χ0v) is 18.0. The Hall–Kier alpha value is -2.75. The number of ether oxygens (including phenoxy) is 1. The van der Waals surface area contributed by atoms with Gasteiger partial charge in [0.2, 0.25) is 10.0 Å². The summed E-state index contributed by atoms with van der Waals surface area (Å²) in [5.41, 5.74) is 1.03. The van der Waals surface area contributed by atoms with Crippen molar-refractivity contribution < 1.29 is 13.2 Å². The predicted octanol–water partition coefficient (Wildman–Crippen LogP) is 1.98. The van der Waals surface area contributed by atoms with Crippen molar-refractivity contribution in [2.45, 2.75) is 4.90 Å². The van der Waals surface area contributed by atoms with E-state index >= 15 is 0 Å². The zero-order valence-electron chi connectivity index (χ0n) is 17.2. The number of hydrogen-bond donors (Lipinski definition) is 0. The van der Waals surface area contributed by atoms with Crippen LogP contribution in [0.4, 0.5) is 11.5 Å². The van der Waals surface area contributed by atoms with Crippen LogP contribution in [0.5, 0.6) is 0 Å². The van der Waals surface area contributed by atoms with Crippen molar-refractivity contribution in [2.24, 2.45) is 0 Å². The lowest BCUT2D eigenvalue weighted by Crippen LogP contribution is -2.49. The number of sulfonamides is 1. The highest BCUT2D eigenvalue weighted by molar-refractivity contribution is 7.89. The quantitative estimate of drug-likeness (QED) is 0.615. The maximum atomic E-state index is 13.2. The molecular weight excluding hydrogens is 414 g/mol. The van der Waals surface area contributed by atoms with Crippen molar-refractivity contribution in [2.75, 3.05) is 62.3 Å². The molecule has 0 N–H and O–H groups in total. The Bertz CT molecular complexity index is 1170. The van der Waals surface area contributed by atoms with Crippen LogP contribution in [0.2, 0.25) is 0 Å². The molecule has 1 aromatic heterocycles. The summed E-state index contributed by atoms with van der Waals surface area (Å²) in [7, 11) is -3.54. The summed E-state index contributed by atoms with van der Waals surface area (Å²) in [6.07, 6.45) is 1.77. The fraction of sp³-hybridized carbons (Fsp3) is 0.364. The molecule has 0 aliphatic carbocycles. The fourth-order valence-electron chi connectivity index (χ4n) is 4.13. The van der Waals surface area contributed by atoms with Crippen LogP contribution in [0.15, 0.2) is 59.6 Å². The van der Waals surface area contributed by atoms with Gasteiger partial charge in [0.1, 0.15) is 0 Å². The first-order chi connectivity index (χ1) is 15.1. The van der Waals surface area contributed by atoms with Crippen LogP contribution in [0, 0.1) is 0 Å². The Labute approximate surface area is 182 Å². The van der Waals surface area contributed by atoms with E-state index in [0.29, 0.717) is 44.3 Å². The summed E-state index contributed by atoms with van der Waals surface area (Å²) in [5.74, 6) is 0.784. The van der Waals surface area contributed by atoms with Gasteiger partial charge in [0, 0.05) is 45.3 Å². The second kappa shape index (κ2) is 8.41. The topological polar surface area (TPSA) is 78.9 Å². The maximum Gasteiger partial charge on any atom is 0.243 e. The third-order valence-corrected chi connectivity index (χ3v) is 7.82. The lowest BCUT2D eigenvalue weighted by atomic mass is 10.1. The summed E-state index contributed by atoms with van der Waals surface area (Å²) in [6, 6.07) is 15.1. The molecule has 3 heterocycles. The van der Waals surface area contributed by atoms with Gasteiger partial charge in [0.05, 0.1) is 30.0 Å². The maximum absolute atomic E-state index is 13.2. The molecule has 2 saturated heterocycles. The minimum Gasteiger partial charge on any atom is -0.378 e. The van der Waals surface area contributed by atoms with Crippen LogP contribution in [0.1, 0.15) is 0 Å². The van der Waals surface area contributed by atoms with Gasteiger partial charge in [0.15, 0.2) is 5.82 Å². The number of piperazine rings is 1. The molecule has 5 rings (SSSR count). The van der Waals surface area contributed by atoms with E-state index in [1.807, 2.05) is 36.4 Å². The van der Waals surface area contributed by atoms with Gasteiger partial charge >= 0.3 is 0 Å². The van der Waals surface area contributed by atoms with E-state index in [0.717, 1.165) is 35.4 Å². The summed E-state index contributed by atoms with van der Waals surface area (Å²) in [4.78, 5) is 4.68. The molecule has 3 aromatic rings. The summed E-state index contributed by atoms with van der Waals surface area (Å²) >= 11 is 0. The second-order valence-electron chi connectivity index (χ2n) is 7.77. The lowest BCUT2D eigenvalue weighted by Gasteiger charge is -2.35. The highest BCUT2D eigenvalue weighted by Gasteiger charge is 2.29. The van der Waals surface area contributed by atoms with E-state index in [1.54, 1.807) is 22.6 Å². The number of rotatable bonds is 4. The first kappa shape index (κ1) is 20.2. The van der Waals surface area contributed by atoms with E-state index in [4.69, 9.17) is 4.74 Å². The van der Waals surface area contributed by atoms with Crippen molar-refractivity contribution in [3.05, 3.63) is 54.7 Å². The summed E-state index contributed by atoms with van der Waals surface area (Å²) in [5, 5.41) is 10.4. The van der Waals surface area contributed by atoms with E-state index in [1.165, 1.54) is 0 Å². The van der Waals surface area contributed by atoms with Gasteiger partial charge < -0.3 is 14.5 Å². The zero-order chi connectivity index (χ0) is 21.3. The Morgan fingerprint density at radius 1 is 0.806 bits per heavy atom. The molecule has 2 fully saturated rings. The van der Waals surface area contributed by atoms with Gasteiger partial charge in [-0.15, -0.1) is 5.10 Å².